The number of rotatable bonds is 2. The maximum Gasteiger partial charge on any atom is 0.0543 e. The highest BCUT2D eigenvalue weighted by atomic mass is 15.3. The fourth-order valence-corrected chi connectivity index (χ4v) is 7.18. The van der Waals surface area contributed by atoms with Crippen LogP contribution < -0.4 is 4.90 Å². The molecule has 2 atom stereocenters. The second-order valence-electron chi connectivity index (χ2n) is 11.3. The molecule has 0 saturated heterocycles. The lowest BCUT2D eigenvalue weighted by Gasteiger charge is -2.47. The Morgan fingerprint density at radius 2 is 1.31 bits per heavy atom. The normalized spacial score (nSPS) is 22.5. The van der Waals surface area contributed by atoms with Crippen LogP contribution in [0, 0.1) is 5.41 Å². The van der Waals surface area contributed by atoms with Gasteiger partial charge in [0.15, 0.2) is 0 Å². The Hall–Kier alpha value is -3.58. The highest BCUT2D eigenvalue weighted by Crippen LogP contribution is 2.65. The van der Waals surface area contributed by atoms with Crippen LogP contribution in [0.1, 0.15) is 45.1 Å². The third-order valence-electron chi connectivity index (χ3n) is 9.29. The van der Waals surface area contributed by atoms with Crippen LogP contribution in [0.15, 0.2) is 103 Å². The number of nitrogens with zero attached hydrogens (tertiary/aromatic N) is 1. The number of fused-ring (bicyclic) bond motifs is 5. The van der Waals surface area contributed by atoms with E-state index in [9.17, 15) is 0 Å². The van der Waals surface area contributed by atoms with Crippen molar-refractivity contribution < 1.29 is 0 Å². The summed E-state index contributed by atoms with van der Waals surface area (Å²) in [5, 5.41) is 5.27. The molecule has 0 spiro atoms. The fraction of sp³-hybridized carbons (Fsp3) is 0.235. The molecule has 0 amide bonds. The molecule has 1 saturated carbocycles. The van der Waals surface area contributed by atoms with E-state index in [2.05, 4.69) is 129 Å². The van der Waals surface area contributed by atoms with E-state index in [1.54, 1.807) is 0 Å². The molecule has 2 unspecified atom stereocenters. The summed E-state index contributed by atoms with van der Waals surface area (Å²) in [6.07, 6.45) is 2.48. The SMILES string of the molecule is CC1(C)CCC2c3cc(-c4c5ccccc5cc5ccccc45)ccc3N(c3ccccc3)C21C. The van der Waals surface area contributed by atoms with Gasteiger partial charge in [0.2, 0.25) is 0 Å². The Kier molecular flexibility index (Phi) is 4.28. The minimum atomic E-state index is 0.0517. The first-order chi connectivity index (χ1) is 17.0. The fourth-order valence-electron chi connectivity index (χ4n) is 7.18. The smallest absolute Gasteiger partial charge is 0.0543 e. The first kappa shape index (κ1) is 20.8. The summed E-state index contributed by atoms with van der Waals surface area (Å²) in [6, 6.07) is 38.3. The highest BCUT2D eigenvalue weighted by molar-refractivity contribution is 6.12. The van der Waals surface area contributed by atoms with Crippen molar-refractivity contribution >= 4 is 32.9 Å². The number of hydrogen-bond donors (Lipinski definition) is 0. The molecule has 1 nitrogen and oxygen atoms in total. The first-order valence-electron chi connectivity index (χ1n) is 12.9. The van der Waals surface area contributed by atoms with Crippen molar-refractivity contribution in [1.82, 2.24) is 0 Å². The summed E-state index contributed by atoms with van der Waals surface area (Å²) in [5.74, 6) is 0.522. The molecule has 1 fully saturated rings. The molecular weight excluding hydrogens is 422 g/mol. The van der Waals surface area contributed by atoms with Crippen LogP contribution in [0.2, 0.25) is 0 Å². The van der Waals surface area contributed by atoms with Crippen molar-refractivity contribution in [3.63, 3.8) is 0 Å². The third kappa shape index (κ3) is 2.76. The van der Waals surface area contributed by atoms with Gasteiger partial charge in [0, 0.05) is 17.3 Å². The zero-order chi connectivity index (χ0) is 23.8. The Bertz CT molecular complexity index is 1540. The van der Waals surface area contributed by atoms with Crippen LogP contribution in [0.4, 0.5) is 11.4 Å². The predicted octanol–water partition coefficient (Wildman–Crippen LogP) is 9.47. The second-order valence-corrected chi connectivity index (χ2v) is 11.3. The summed E-state index contributed by atoms with van der Waals surface area (Å²) in [4.78, 5) is 2.66. The number of hydrogen-bond acceptors (Lipinski definition) is 1. The van der Waals surface area contributed by atoms with Gasteiger partial charge in [0.05, 0.1) is 5.54 Å². The standard InChI is InChI=1S/C34H31N/c1-33(2)20-19-30-29-22-25(17-18-31(29)35(34(30,33)3)26-13-5-4-6-14-26)32-27-15-9-7-11-23(27)21-24-12-8-10-16-28(24)32/h4-18,21-22,30H,19-20H2,1-3H3. The summed E-state index contributed by atoms with van der Waals surface area (Å²) >= 11 is 0. The van der Waals surface area contributed by atoms with Crippen molar-refractivity contribution in [3.05, 3.63) is 109 Å². The van der Waals surface area contributed by atoms with Crippen LogP contribution in [-0.4, -0.2) is 5.54 Å². The lowest BCUT2D eigenvalue weighted by Crippen LogP contribution is -2.50. The van der Waals surface area contributed by atoms with Gasteiger partial charge >= 0.3 is 0 Å². The molecule has 172 valence electrons. The van der Waals surface area contributed by atoms with Crippen molar-refractivity contribution in [2.75, 3.05) is 4.90 Å². The lowest BCUT2D eigenvalue weighted by molar-refractivity contribution is 0.222. The maximum atomic E-state index is 2.66. The van der Waals surface area contributed by atoms with Crippen LogP contribution in [0.25, 0.3) is 32.7 Å². The van der Waals surface area contributed by atoms with Crippen LogP contribution in [0.5, 0.6) is 0 Å². The van der Waals surface area contributed by atoms with Crippen LogP contribution >= 0.6 is 0 Å². The Labute approximate surface area is 208 Å². The van der Waals surface area contributed by atoms with Gasteiger partial charge in [-0.05, 0) is 93.7 Å². The topological polar surface area (TPSA) is 3.24 Å². The van der Waals surface area contributed by atoms with E-state index < -0.39 is 0 Å². The van der Waals surface area contributed by atoms with Gasteiger partial charge in [-0.1, -0.05) is 86.6 Å². The summed E-state index contributed by atoms with van der Waals surface area (Å²) < 4.78 is 0. The molecule has 0 N–H and O–H groups in total. The minimum absolute atomic E-state index is 0.0517. The molecule has 35 heavy (non-hydrogen) atoms. The Morgan fingerprint density at radius 1 is 0.686 bits per heavy atom. The molecule has 7 rings (SSSR count). The van der Waals surface area contributed by atoms with E-state index in [-0.39, 0.29) is 11.0 Å². The van der Waals surface area contributed by atoms with Gasteiger partial charge in [-0.15, -0.1) is 0 Å². The summed E-state index contributed by atoms with van der Waals surface area (Å²) in [7, 11) is 0. The molecule has 2 aliphatic rings. The second kappa shape index (κ2) is 7.21. The van der Waals surface area contributed by atoms with E-state index in [1.165, 1.54) is 62.5 Å². The Balaban J connectivity index is 1.50. The van der Waals surface area contributed by atoms with Crippen molar-refractivity contribution in [2.24, 2.45) is 5.41 Å². The first-order valence-corrected chi connectivity index (χ1v) is 12.9. The molecule has 1 aliphatic carbocycles. The monoisotopic (exact) mass is 453 g/mol. The molecule has 1 aliphatic heterocycles. The average Bonchev–Trinajstić information content (AvgIpc) is 3.28. The van der Waals surface area contributed by atoms with Gasteiger partial charge < -0.3 is 4.90 Å². The van der Waals surface area contributed by atoms with Crippen molar-refractivity contribution in [1.29, 1.82) is 0 Å². The molecule has 1 heteroatoms. The van der Waals surface area contributed by atoms with Gasteiger partial charge in [-0.3, -0.25) is 0 Å². The minimum Gasteiger partial charge on any atom is -0.334 e. The molecular formula is C34H31N. The average molecular weight is 454 g/mol. The van der Waals surface area contributed by atoms with Crippen molar-refractivity contribution in [3.8, 4) is 11.1 Å². The quantitative estimate of drug-likeness (QED) is 0.241. The number of para-hydroxylation sites is 1. The number of anilines is 2. The van der Waals surface area contributed by atoms with Crippen LogP contribution in [0.3, 0.4) is 0 Å². The van der Waals surface area contributed by atoms with Crippen LogP contribution in [-0.2, 0) is 0 Å². The molecule has 1 heterocycles. The predicted molar refractivity (Wildman–Crippen MR) is 150 cm³/mol. The van der Waals surface area contributed by atoms with E-state index in [4.69, 9.17) is 0 Å². The summed E-state index contributed by atoms with van der Waals surface area (Å²) in [5.41, 5.74) is 7.16. The van der Waals surface area contributed by atoms with Gasteiger partial charge in [-0.25, -0.2) is 0 Å². The molecule has 0 aromatic heterocycles. The molecule has 5 aromatic rings. The number of benzene rings is 5. The zero-order valence-corrected chi connectivity index (χ0v) is 20.8. The largest absolute Gasteiger partial charge is 0.334 e. The molecule has 0 bridgehead atoms. The molecule has 0 radical (unpaired) electrons. The maximum absolute atomic E-state index is 2.66. The Morgan fingerprint density at radius 3 is 2.00 bits per heavy atom. The summed E-state index contributed by atoms with van der Waals surface area (Å²) in [6.45, 7) is 7.44. The third-order valence-corrected chi connectivity index (χ3v) is 9.29. The van der Waals surface area contributed by atoms with Gasteiger partial charge in [0.25, 0.3) is 0 Å². The van der Waals surface area contributed by atoms with E-state index >= 15 is 0 Å². The zero-order valence-electron chi connectivity index (χ0n) is 20.8. The highest BCUT2D eigenvalue weighted by Gasteiger charge is 2.60. The molecule has 5 aromatic carbocycles. The van der Waals surface area contributed by atoms with Gasteiger partial charge in [0.1, 0.15) is 0 Å². The lowest BCUT2D eigenvalue weighted by atomic mass is 9.72. The van der Waals surface area contributed by atoms with Crippen molar-refractivity contribution in [2.45, 2.75) is 45.1 Å². The van der Waals surface area contributed by atoms with Gasteiger partial charge in [-0.2, -0.15) is 0 Å². The van der Waals surface area contributed by atoms with E-state index in [0.29, 0.717) is 5.92 Å². The van der Waals surface area contributed by atoms with E-state index in [1.807, 2.05) is 0 Å². The van der Waals surface area contributed by atoms with E-state index in [0.717, 1.165) is 0 Å².